The summed E-state index contributed by atoms with van der Waals surface area (Å²) >= 11 is 0. The lowest BCUT2D eigenvalue weighted by molar-refractivity contribution is -0.118. The van der Waals surface area contributed by atoms with Gasteiger partial charge in [-0.2, -0.15) is 0 Å². The summed E-state index contributed by atoms with van der Waals surface area (Å²) in [6.07, 6.45) is 3.55. The Labute approximate surface area is 281 Å². The molecule has 1 aromatic heterocycles. The number of para-hydroxylation sites is 1. The number of benzene rings is 4. The van der Waals surface area contributed by atoms with Gasteiger partial charge < -0.3 is 30.4 Å². The van der Waals surface area contributed by atoms with Crippen LogP contribution in [0.15, 0.2) is 121 Å². The summed E-state index contributed by atoms with van der Waals surface area (Å²) in [5, 5.41) is 9.51. The molecule has 0 saturated carbocycles. The zero-order chi connectivity index (χ0) is 33.1. The molecule has 4 N–H and O–H groups in total. The highest BCUT2D eigenvalue weighted by molar-refractivity contribution is 5.98. The summed E-state index contributed by atoms with van der Waals surface area (Å²) in [4.78, 5) is 34.7. The van der Waals surface area contributed by atoms with Crippen LogP contribution in [0.3, 0.4) is 0 Å². The molecule has 4 aromatic carbocycles. The summed E-state index contributed by atoms with van der Waals surface area (Å²) in [5.41, 5.74) is 5.71. The molecule has 9 heteroatoms. The number of morpholine rings is 1. The van der Waals surface area contributed by atoms with Crippen molar-refractivity contribution in [3.8, 4) is 0 Å². The first-order chi connectivity index (χ1) is 23.6. The van der Waals surface area contributed by atoms with Crippen molar-refractivity contribution in [3.63, 3.8) is 0 Å². The molecule has 0 bridgehead atoms. The van der Waals surface area contributed by atoms with Crippen LogP contribution in [0.4, 0.5) is 10.5 Å². The molecule has 1 saturated heterocycles. The molecule has 246 valence electrons. The Hall–Kier alpha value is -5.25. The molecule has 3 atom stereocenters. The molecule has 5 aromatic rings. The zero-order valence-corrected chi connectivity index (χ0v) is 27.0. The Kier molecular flexibility index (Phi) is 10.9. The van der Waals surface area contributed by atoms with Crippen molar-refractivity contribution in [2.75, 3.05) is 25.6 Å². The number of aromatic amines is 1. The summed E-state index contributed by atoms with van der Waals surface area (Å²) < 4.78 is 11.2. The number of aryl methyl sites for hydroxylation is 1. The number of methoxy groups -OCH3 is 1. The number of carbonyl (C=O) groups excluding carboxylic acids is 2. The van der Waals surface area contributed by atoms with E-state index in [-0.39, 0.29) is 18.1 Å². The largest absolute Gasteiger partial charge is 0.453 e. The van der Waals surface area contributed by atoms with E-state index in [9.17, 15) is 9.59 Å². The highest BCUT2D eigenvalue weighted by atomic mass is 16.5. The van der Waals surface area contributed by atoms with Gasteiger partial charge in [0.25, 0.3) is 0 Å². The molecule has 2 amide bonds. The summed E-state index contributed by atoms with van der Waals surface area (Å²) in [7, 11) is 1.29. The molecule has 0 spiro atoms. The second kappa shape index (κ2) is 16.0. The Balaban J connectivity index is 1.10. The van der Waals surface area contributed by atoms with Crippen LogP contribution >= 0.6 is 0 Å². The molecule has 0 aliphatic carbocycles. The predicted octanol–water partition coefficient (Wildman–Crippen LogP) is 6.16. The van der Waals surface area contributed by atoms with Gasteiger partial charge in [-0.25, -0.2) is 9.78 Å². The minimum atomic E-state index is -0.937. The molecule has 1 aliphatic rings. The molecule has 0 unspecified atom stereocenters. The maximum Gasteiger partial charge on any atom is 0.407 e. The smallest absolute Gasteiger partial charge is 0.407 e. The number of aromatic nitrogens is 2. The quantitative estimate of drug-likeness (QED) is 0.129. The van der Waals surface area contributed by atoms with E-state index in [1.54, 1.807) is 0 Å². The van der Waals surface area contributed by atoms with Gasteiger partial charge in [-0.3, -0.25) is 4.79 Å². The third kappa shape index (κ3) is 8.36. The van der Waals surface area contributed by atoms with Crippen molar-refractivity contribution in [1.29, 1.82) is 0 Å². The van der Waals surface area contributed by atoms with Gasteiger partial charge >= 0.3 is 6.09 Å². The van der Waals surface area contributed by atoms with E-state index >= 15 is 0 Å². The van der Waals surface area contributed by atoms with Crippen LogP contribution < -0.4 is 16.0 Å². The third-order valence-corrected chi connectivity index (χ3v) is 8.70. The van der Waals surface area contributed by atoms with E-state index in [1.807, 2.05) is 109 Å². The van der Waals surface area contributed by atoms with E-state index in [0.29, 0.717) is 25.3 Å². The lowest BCUT2D eigenvalue weighted by Gasteiger charge is -2.30. The Bertz CT molecular complexity index is 1720. The maximum absolute atomic E-state index is 14.1. The molecule has 9 nitrogen and oxygen atoms in total. The van der Waals surface area contributed by atoms with E-state index < -0.39 is 18.1 Å². The first-order valence-electron chi connectivity index (χ1n) is 16.3. The third-order valence-electron chi connectivity index (χ3n) is 8.70. The van der Waals surface area contributed by atoms with Crippen LogP contribution in [0, 0.1) is 0 Å². The van der Waals surface area contributed by atoms with E-state index in [1.165, 1.54) is 12.7 Å². The van der Waals surface area contributed by atoms with Gasteiger partial charge in [0.05, 0.1) is 31.6 Å². The summed E-state index contributed by atoms with van der Waals surface area (Å²) in [6, 6.07) is 36.5. The number of carbonyl (C=O) groups is 2. The summed E-state index contributed by atoms with van der Waals surface area (Å²) in [5.74, 6) is 0.0952. The average molecular weight is 644 g/mol. The number of hydrogen-bond acceptors (Lipinski definition) is 6. The number of alkyl carbamates (subject to hydrolysis) is 1. The minimum Gasteiger partial charge on any atom is -0.453 e. The van der Waals surface area contributed by atoms with Gasteiger partial charge in [-0.15, -0.1) is 0 Å². The first-order valence-corrected chi connectivity index (χ1v) is 16.3. The standard InChI is InChI=1S/C39H41N5O4/c1-47-39(46)44-36(35(29-16-7-3-8-17-29)30-18-9-4-10-19-30)38(45)43-33-20-12-11-15-28(33)21-22-32-25-40-34(26-48-32)37-41-24-31(42-37)23-27-13-5-2-6-14-27/h2-20,24,32,34-36,40H,21-23,25-26H2,1H3,(H,41,42)(H,43,45)(H,44,46)/t32-,34+,36+/m1/s1. The fourth-order valence-corrected chi connectivity index (χ4v) is 6.21. The molecular weight excluding hydrogens is 602 g/mol. The molecular formula is C39H41N5O4. The Morgan fingerprint density at radius 1 is 0.896 bits per heavy atom. The number of amides is 2. The zero-order valence-electron chi connectivity index (χ0n) is 27.0. The average Bonchev–Trinajstić information content (AvgIpc) is 3.60. The number of H-pyrrole nitrogens is 1. The number of imidazole rings is 1. The number of ether oxygens (including phenoxy) is 2. The Morgan fingerprint density at radius 2 is 1.54 bits per heavy atom. The van der Waals surface area contributed by atoms with Crippen LogP contribution in [-0.4, -0.2) is 54.4 Å². The fourth-order valence-electron chi connectivity index (χ4n) is 6.21. The lowest BCUT2D eigenvalue weighted by Crippen LogP contribution is -2.48. The second-order valence-corrected chi connectivity index (χ2v) is 12.0. The molecule has 2 heterocycles. The second-order valence-electron chi connectivity index (χ2n) is 12.0. The molecule has 1 aliphatic heterocycles. The minimum absolute atomic E-state index is 0.00114. The van der Waals surface area contributed by atoms with Crippen molar-refractivity contribution < 1.29 is 19.1 Å². The predicted molar refractivity (Wildman–Crippen MR) is 186 cm³/mol. The Morgan fingerprint density at radius 3 is 2.19 bits per heavy atom. The number of nitrogens with one attached hydrogen (secondary N) is 4. The lowest BCUT2D eigenvalue weighted by atomic mass is 9.84. The van der Waals surface area contributed by atoms with E-state index in [2.05, 4.69) is 33.1 Å². The van der Waals surface area contributed by atoms with Crippen molar-refractivity contribution >= 4 is 17.7 Å². The topological polar surface area (TPSA) is 117 Å². The van der Waals surface area contributed by atoms with Crippen LogP contribution in [0.25, 0.3) is 0 Å². The van der Waals surface area contributed by atoms with Crippen LogP contribution in [0.5, 0.6) is 0 Å². The fraction of sp³-hybridized carbons (Fsp3) is 0.256. The summed E-state index contributed by atoms with van der Waals surface area (Å²) in [6.45, 7) is 1.21. The van der Waals surface area contributed by atoms with Gasteiger partial charge in [0.15, 0.2) is 0 Å². The van der Waals surface area contributed by atoms with Crippen LogP contribution in [0.2, 0.25) is 0 Å². The van der Waals surface area contributed by atoms with Crippen LogP contribution in [0.1, 0.15) is 52.2 Å². The molecule has 6 rings (SSSR count). The molecule has 0 radical (unpaired) electrons. The SMILES string of the molecule is COC(=O)N[C@H](C(=O)Nc1ccccc1CC[C@@H]1CN[C@H](c2nc(Cc3ccccc3)c[nH]2)CO1)C(c1ccccc1)c1ccccc1. The molecule has 48 heavy (non-hydrogen) atoms. The number of hydrogen-bond donors (Lipinski definition) is 4. The first kappa shape index (κ1) is 32.7. The van der Waals surface area contributed by atoms with Gasteiger partial charge in [-0.1, -0.05) is 109 Å². The maximum atomic E-state index is 14.1. The van der Waals surface area contributed by atoms with Crippen molar-refractivity contribution in [1.82, 2.24) is 20.6 Å². The molecule has 1 fully saturated rings. The van der Waals surface area contributed by atoms with Crippen LogP contribution in [-0.2, 0) is 27.1 Å². The number of anilines is 1. The number of rotatable bonds is 12. The monoisotopic (exact) mass is 643 g/mol. The number of nitrogens with zero attached hydrogens (tertiary/aromatic N) is 1. The van der Waals surface area contributed by atoms with Gasteiger partial charge in [0.1, 0.15) is 11.9 Å². The van der Waals surface area contributed by atoms with Crippen molar-refractivity contribution in [2.24, 2.45) is 0 Å². The van der Waals surface area contributed by atoms with Gasteiger partial charge in [-0.05, 0) is 41.2 Å². The highest BCUT2D eigenvalue weighted by Crippen LogP contribution is 2.30. The van der Waals surface area contributed by atoms with E-state index in [0.717, 1.165) is 41.1 Å². The van der Waals surface area contributed by atoms with Gasteiger partial charge in [0, 0.05) is 30.8 Å². The normalized spacial score (nSPS) is 16.6. The van der Waals surface area contributed by atoms with Gasteiger partial charge in [0.2, 0.25) is 5.91 Å². The van der Waals surface area contributed by atoms with E-state index in [4.69, 9.17) is 14.5 Å². The van der Waals surface area contributed by atoms with Crippen molar-refractivity contribution in [2.45, 2.75) is 43.4 Å². The highest BCUT2D eigenvalue weighted by Gasteiger charge is 2.33. The van der Waals surface area contributed by atoms with Crippen molar-refractivity contribution in [3.05, 3.63) is 155 Å².